The number of benzene rings is 1. The zero-order valence-corrected chi connectivity index (χ0v) is 11.5. The number of rotatable bonds is 5. The zero-order chi connectivity index (χ0) is 10.2. The van der Waals surface area contributed by atoms with Crippen molar-refractivity contribution in [3.05, 3.63) is 40.0 Å². The van der Waals surface area contributed by atoms with Crippen molar-refractivity contribution in [3.8, 4) is 0 Å². The van der Waals surface area contributed by atoms with Crippen molar-refractivity contribution in [1.82, 2.24) is 0 Å². The van der Waals surface area contributed by atoms with Crippen LogP contribution in [0.4, 0.5) is 0 Å². The van der Waals surface area contributed by atoms with Crippen molar-refractivity contribution < 1.29 is 0 Å². The van der Waals surface area contributed by atoms with Crippen LogP contribution in [0.2, 0.25) is 4.47 Å². The molecule has 2 heteroatoms. The van der Waals surface area contributed by atoms with Gasteiger partial charge in [-0.3, -0.25) is 0 Å². The molecule has 0 radical (unpaired) electrons. The summed E-state index contributed by atoms with van der Waals surface area (Å²) in [6, 6.07) is 10.2. The molecule has 1 aromatic carbocycles. The molecule has 0 saturated carbocycles. The molecule has 0 bridgehead atoms. The molecule has 0 aliphatic rings. The van der Waals surface area contributed by atoms with E-state index in [-0.39, 0.29) is 20.9 Å². The fourth-order valence-corrected chi connectivity index (χ4v) is 4.02. The molecule has 1 rings (SSSR count). The van der Waals surface area contributed by atoms with Gasteiger partial charge in [-0.1, -0.05) is 0 Å². The summed E-state index contributed by atoms with van der Waals surface area (Å²) < 4.78 is 3.61. The van der Waals surface area contributed by atoms with Crippen LogP contribution in [0.1, 0.15) is 25.3 Å². The van der Waals surface area contributed by atoms with Crippen LogP contribution in [-0.2, 0) is 0 Å². The second kappa shape index (κ2) is 7.35. The normalized spacial score (nSPS) is 11.7. The molecule has 14 heavy (non-hydrogen) atoms. The van der Waals surface area contributed by atoms with Gasteiger partial charge in [0.15, 0.2) is 0 Å². The Labute approximate surface area is 101 Å². The van der Waals surface area contributed by atoms with Gasteiger partial charge in [-0.15, -0.1) is 0 Å². The Morgan fingerprint density at radius 1 is 1.36 bits per heavy atom. The van der Waals surface area contributed by atoms with E-state index in [1.165, 1.54) is 17.3 Å². The van der Waals surface area contributed by atoms with E-state index < -0.39 is 0 Å². The third kappa shape index (κ3) is 4.51. The van der Waals surface area contributed by atoms with Gasteiger partial charge in [-0.05, 0) is 0 Å². The van der Waals surface area contributed by atoms with E-state index in [0.29, 0.717) is 0 Å². The molecule has 0 fully saturated rings. The summed E-state index contributed by atoms with van der Waals surface area (Å²) >= 11 is 6.17. The van der Waals surface area contributed by atoms with E-state index in [1.54, 1.807) is 0 Å². The Bertz CT molecular complexity index is 280. The molecule has 0 atom stereocenters. The van der Waals surface area contributed by atoms with Crippen LogP contribution in [-0.4, -0.2) is 20.9 Å². The molecule has 0 aliphatic carbocycles. The van der Waals surface area contributed by atoms with E-state index in [0.717, 1.165) is 10.6 Å². The monoisotopic (exact) mass is 324 g/mol. The number of halogens is 1. The van der Waals surface area contributed by atoms with Gasteiger partial charge in [0, 0.05) is 0 Å². The standard InChI is InChI=1S/C12H15ClTe/c1-2-3-9-14-10-12(13)11-7-5-4-6-8-11/h4-8,10H,2-3,9H2,1H3/b12-10-. The molecule has 0 N–H and O–H groups in total. The van der Waals surface area contributed by atoms with Crippen molar-refractivity contribution in [1.29, 1.82) is 0 Å². The summed E-state index contributed by atoms with van der Waals surface area (Å²) in [5.74, 6) is 0. The zero-order valence-electron chi connectivity index (χ0n) is 8.37. The molecular weight excluding hydrogens is 307 g/mol. The Morgan fingerprint density at radius 2 is 2.07 bits per heavy atom. The summed E-state index contributed by atoms with van der Waals surface area (Å²) in [4.78, 5) is 0. The number of unbranched alkanes of at least 4 members (excludes halogenated alkanes) is 1. The van der Waals surface area contributed by atoms with Gasteiger partial charge >= 0.3 is 102 Å². The maximum atomic E-state index is 6.18. The third-order valence-electron chi connectivity index (χ3n) is 1.85. The van der Waals surface area contributed by atoms with E-state index in [4.69, 9.17) is 11.6 Å². The molecule has 0 unspecified atom stereocenters. The maximum absolute atomic E-state index is 6.18. The first-order valence-corrected chi connectivity index (χ1v) is 8.24. The first-order chi connectivity index (χ1) is 6.84. The van der Waals surface area contributed by atoms with E-state index >= 15 is 0 Å². The van der Waals surface area contributed by atoms with Crippen molar-refractivity contribution >= 4 is 37.6 Å². The van der Waals surface area contributed by atoms with Gasteiger partial charge in [0.2, 0.25) is 0 Å². The van der Waals surface area contributed by atoms with Crippen molar-refractivity contribution in [2.24, 2.45) is 0 Å². The number of hydrogen-bond donors (Lipinski definition) is 0. The predicted molar refractivity (Wildman–Crippen MR) is 65.7 cm³/mol. The first kappa shape index (κ1) is 12.1. The molecule has 0 saturated heterocycles. The summed E-state index contributed by atoms with van der Waals surface area (Å²) in [5.41, 5.74) is 1.15. The minimum absolute atomic E-state index is 0.0101. The predicted octanol–water partition coefficient (Wildman–Crippen LogP) is 4.15. The van der Waals surface area contributed by atoms with E-state index in [2.05, 4.69) is 23.2 Å². The Kier molecular flexibility index (Phi) is 6.36. The van der Waals surface area contributed by atoms with Gasteiger partial charge in [-0.2, -0.15) is 0 Å². The van der Waals surface area contributed by atoms with Crippen molar-refractivity contribution in [3.63, 3.8) is 0 Å². The fourth-order valence-electron chi connectivity index (χ4n) is 1.03. The average Bonchev–Trinajstić information content (AvgIpc) is 2.25. The van der Waals surface area contributed by atoms with Crippen LogP contribution in [0.3, 0.4) is 0 Å². The topological polar surface area (TPSA) is 0 Å². The van der Waals surface area contributed by atoms with E-state index in [9.17, 15) is 0 Å². The molecule has 0 nitrogen and oxygen atoms in total. The summed E-state index contributed by atoms with van der Waals surface area (Å²) in [6.45, 7) is 2.23. The molecule has 0 spiro atoms. The number of hydrogen-bond acceptors (Lipinski definition) is 0. The third-order valence-corrected chi connectivity index (χ3v) is 5.23. The molecular formula is C12H15ClTe. The fraction of sp³-hybridized carbons (Fsp3) is 0.333. The van der Waals surface area contributed by atoms with Gasteiger partial charge < -0.3 is 0 Å². The summed E-state index contributed by atoms with van der Waals surface area (Å²) in [7, 11) is 0. The van der Waals surface area contributed by atoms with Crippen LogP contribution in [0, 0.1) is 0 Å². The van der Waals surface area contributed by atoms with Crippen molar-refractivity contribution in [2.45, 2.75) is 24.2 Å². The summed E-state index contributed by atoms with van der Waals surface area (Å²) in [5, 5.41) is 0.934. The minimum atomic E-state index is -0.0101. The Hall–Kier alpha value is 0.0396. The van der Waals surface area contributed by atoms with Gasteiger partial charge in [0.25, 0.3) is 0 Å². The van der Waals surface area contributed by atoms with Crippen molar-refractivity contribution in [2.75, 3.05) is 0 Å². The molecule has 0 aromatic heterocycles. The Balaban J connectivity index is 2.44. The van der Waals surface area contributed by atoms with Crippen LogP contribution in [0.15, 0.2) is 34.5 Å². The first-order valence-electron chi connectivity index (χ1n) is 4.87. The molecule has 76 valence electrons. The van der Waals surface area contributed by atoms with Crippen LogP contribution in [0.5, 0.6) is 0 Å². The summed E-state index contributed by atoms with van der Waals surface area (Å²) in [6.07, 6.45) is 2.64. The van der Waals surface area contributed by atoms with E-state index in [1.807, 2.05) is 18.2 Å². The molecule has 1 aromatic rings. The van der Waals surface area contributed by atoms with Crippen LogP contribution < -0.4 is 0 Å². The van der Waals surface area contributed by atoms with Gasteiger partial charge in [0.05, 0.1) is 0 Å². The SMILES string of the molecule is CCCC[Te]/C=C(\Cl)c1ccccc1. The molecule has 0 amide bonds. The second-order valence-corrected chi connectivity index (χ2v) is 6.25. The van der Waals surface area contributed by atoms with Crippen LogP contribution in [0.25, 0.3) is 5.03 Å². The molecule has 0 aliphatic heterocycles. The van der Waals surface area contributed by atoms with Crippen LogP contribution >= 0.6 is 11.6 Å². The second-order valence-electron chi connectivity index (χ2n) is 3.06. The average molecular weight is 322 g/mol. The van der Waals surface area contributed by atoms with Gasteiger partial charge in [0.1, 0.15) is 0 Å². The van der Waals surface area contributed by atoms with Gasteiger partial charge in [-0.25, -0.2) is 0 Å². The Morgan fingerprint density at radius 3 is 2.71 bits per heavy atom. The quantitative estimate of drug-likeness (QED) is 0.564. The molecule has 0 heterocycles.